The molecule has 3 aromatic rings. The van der Waals surface area contributed by atoms with Crippen LogP contribution in [0.3, 0.4) is 0 Å². The van der Waals surface area contributed by atoms with E-state index in [4.69, 9.17) is 25.8 Å². The summed E-state index contributed by atoms with van der Waals surface area (Å²) < 4.78 is 46.9. The fraction of sp³-hybridized carbons (Fsp3) is 0.394. The number of anilines is 1. The molecule has 11 nitrogen and oxygen atoms in total. The van der Waals surface area contributed by atoms with Crippen LogP contribution in [0.5, 0.6) is 17.2 Å². The van der Waals surface area contributed by atoms with E-state index in [1.165, 1.54) is 50.5 Å². The molecule has 1 saturated heterocycles. The van der Waals surface area contributed by atoms with E-state index < -0.39 is 27.5 Å². The molecule has 13 heteroatoms. The van der Waals surface area contributed by atoms with E-state index in [0.29, 0.717) is 53.6 Å². The van der Waals surface area contributed by atoms with E-state index in [9.17, 15) is 13.2 Å². The fourth-order valence-corrected chi connectivity index (χ4v) is 8.36. The van der Waals surface area contributed by atoms with Crippen molar-refractivity contribution in [3.8, 4) is 17.2 Å². The summed E-state index contributed by atoms with van der Waals surface area (Å²) in [5.74, 6) is -0.209. The molecular weight excluding hydrogens is 632 g/mol. The van der Waals surface area contributed by atoms with E-state index in [1.807, 2.05) is 36.0 Å². The lowest BCUT2D eigenvalue weighted by molar-refractivity contribution is -0.138. The lowest BCUT2D eigenvalue weighted by Crippen LogP contribution is -2.59. The number of benzene rings is 3. The Labute approximate surface area is 275 Å². The van der Waals surface area contributed by atoms with Gasteiger partial charge in [0.05, 0.1) is 33.1 Å². The van der Waals surface area contributed by atoms with Crippen molar-refractivity contribution in [2.45, 2.75) is 35.9 Å². The number of hydrogen-bond acceptors (Lipinski definition) is 9. The van der Waals surface area contributed by atoms with Crippen molar-refractivity contribution in [1.29, 1.82) is 0 Å². The predicted molar refractivity (Wildman–Crippen MR) is 175 cm³/mol. The highest BCUT2D eigenvalue weighted by Crippen LogP contribution is 2.55. The molecule has 0 radical (unpaired) electrons. The van der Waals surface area contributed by atoms with Gasteiger partial charge in [0.1, 0.15) is 22.1 Å². The van der Waals surface area contributed by atoms with Gasteiger partial charge in [-0.3, -0.25) is 14.5 Å². The Kier molecular flexibility index (Phi) is 9.29. The van der Waals surface area contributed by atoms with Gasteiger partial charge < -0.3 is 24.0 Å². The number of fused-ring (bicyclic) bond motifs is 1. The average molecular weight is 671 g/mol. The first-order valence-electron chi connectivity index (χ1n) is 14.7. The molecule has 2 atom stereocenters. The number of nitrogens with zero attached hydrogens (tertiary/aromatic N) is 4. The molecule has 3 aromatic carbocycles. The maximum Gasteiger partial charge on any atom is 0.274 e. The number of carbonyl (C=O) groups excluding carboxylic acids is 2. The lowest BCUT2D eigenvalue weighted by atomic mass is 9.80. The van der Waals surface area contributed by atoms with Crippen LogP contribution in [0, 0.1) is 0 Å². The molecule has 0 spiro atoms. The van der Waals surface area contributed by atoms with Crippen LogP contribution in [0.1, 0.15) is 29.5 Å². The second kappa shape index (κ2) is 12.7. The number of carbonyl (C=O) groups is 2. The second-order valence-corrected chi connectivity index (χ2v) is 14.0. The van der Waals surface area contributed by atoms with Crippen molar-refractivity contribution < 1.29 is 32.2 Å². The Hall–Kier alpha value is -3.84. The van der Waals surface area contributed by atoms with Gasteiger partial charge in [-0.05, 0) is 68.9 Å². The summed E-state index contributed by atoms with van der Waals surface area (Å²) in [7, 11) is 6.93. The van der Waals surface area contributed by atoms with Crippen molar-refractivity contribution in [3.63, 3.8) is 0 Å². The summed E-state index contributed by atoms with van der Waals surface area (Å²) in [6, 6.07) is 13.8. The van der Waals surface area contributed by atoms with Crippen molar-refractivity contribution in [2.75, 3.05) is 60.4 Å². The molecule has 0 aliphatic carbocycles. The van der Waals surface area contributed by atoms with Crippen molar-refractivity contribution in [3.05, 3.63) is 76.3 Å². The maximum atomic E-state index is 15.4. The molecule has 2 amide bonds. The normalized spacial score (nSPS) is 19.8. The molecule has 0 bridgehead atoms. The Morgan fingerprint density at radius 2 is 1.65 bits per heavy atom. The van der Waals surface area contributed by atoms with E-state index in [1.54, 1.807) is 32.3 Å². The van der Waals surface area contributed by atoms with Gasteiger partial charge in [-0.2, -0.15) is 0 Å². The lowest BCUT2D eigenvalue weighted by Gasteiger charge is -2.42. The number of likely N-dealkylation sites (tertiary alicyclic amines) is 1. The van der Waals surface area contributed by atoms with Crippen LogP contribution in [0.4, 0.5) is 5.69 Å². The standard InChI is InChI=1S/C33H39ClN4O7S/c1-35(2)20-21-10-13-24(28(17-21)44-6)33(37-16-8-9-27(37)31(39)36(3)4)25-18-22(34)11-14-26(25)38(32(33)40)46(41,42)30-15-12-23(43-5)19-29(30)45-7/h10-15,17-19,27H,8-9,16,20H2,1-7H3/t27-,33?/m0/s1. The first kappa shape index (κ1) is 33.5. The number of halogens is 1. The van der Waals surface area contributed by atoms with Gasteiger partial charge in [-0.25, -0.2) is 12.7 Å². The highest BCUT2D eigenvalue weighted by molar-refractivity contribution is 7.93. The third-order valence-electron chi connectivity index (χ3n) is 8.51. The van der Waals surface area contributed by atoms with Gasteiger partial charge in [0.25, 0.3) is 15.9 Å². The molecule has 2 aliphatic rings. The average Bonchev–Trinajstić information content (AvgIpc) is 3.60. The quantitative estimate of drug-likeness (QED) is 0.317. The molecule has 2 aliphatic heterocycles. The zero-order chi connectivity index (χ0) is 33.6. The summed E-state index contributed by atoms with van der Waals surface area (Å²) >= 11 is 6.61. The molecule has 246 valence electrons. The van der Waals surface area contributed by atoms with Crippen LogP contribution in [0.25, 0.3) is 0 Å². The van der Waals surface area contributed by atoms with Gasteiger partial charge in [-0.15, -0.1) is 0 Å². The third kappa shape index (κ3) is 5.36. The third-order valence-corrected chi connectivity index (χ3v) is 10.5. The van der Waals surface area contributed by atoms with Crippen molar-refractivity contribution in [2.24, 2.45) is 0 Å². The van der Waals surface area contributed by atoms with Gasteiger partial charge in [0.2, 0.25) is 5.91 Å². The largest absolute Gasteiger partial charge is 0.497 e. The predicted octanol–water partition coefficient (Wildman–Crippen LogP) is 3.96. The van der Waals surface area contributed by atoms with Gasteiger partial charge >= 0.3 is 0 Å². The Balaban J connectivity index is 1.85. The Bertz CT molecular complexity index is 1780. The number of hydrogen-bond donors (Lipinski definition) is 0. The molecule has 0 aromatic heterocycles. The van der Waals surface area contributed by atoms with Gasteiger partial charge in [-0.1, -0.05) is 23.7 Å². The van der Waals surface area contributed by atoms with Crippen LogP contribution in [-0.4, -0.2) is 97.0 Å². The molecule has 0 N–H and O–H groups in total. The summed E-state index contributed by atoms with van der Waals surface area (Å²) in [4.78, 5) is 34.2. The Morgan fingerprint density at radius 3 is 2.28 bits per heavy atom. The van der Waals surface area contributed by atoms with E-state index in [2.05, 4.69) is 0 Å². The zero-order valence-corrected chi connectivity index (χ0v) is 28.6. The number of sulfonamides is 1. The van der Waals surface area contributed by atoms with Crippen LogP contribution in [0.2, 0.25) is 5.02 Å². The zero-order valence-electron chi connectivity index (χ0n) is 27.0. The molecule has 1 fully saturated rings. The topological polar surface area (TPSA) is 109 Å². The molecule has 0 saturated carbocycles. The Morgan fingerprint density at radius 1 is 0.935 bits per heavy atom. The molecular formula is C33H39ClN4O7S. The van der Waals surface area contributed by atoms with Crippen molar-refractivity contribution >= 4 is 39.1 Å². The number of likely N-dealkylation sites (N-methyl/N-ethyl adjacent to an activating group) is 1. The summed E-state index contributed by atoms with van der Waals surface area (Å²) in [5, 5.41) is 0.301. The second-order valence-electron chi connectivity index (χ2n) is 11.8. The van der Waals surface area contributed by atoms with Gasteiger partial charge in [0, 0.05) is 49.4 Å². The summed E-state index contributed by atoms with van der Waals surface area (Å²) in [5.41, 5.74) is -0.00838. The van der Waals surface area contributed by atoms with E-state index >= 15 is 4.79 Å². The molecule has 5 rings (SSSR count). The first-order chi connectivity index (χ1) is 21.8. The fourth-order valence-electron chi connectivity index (χ4n) is 6.59. The van der Waals surface area contributed by atoms with Crippen LogP contribution < -0.4 is 18.5 Å². The first-order valence-corrected chi connectivity index (χ1v) is 16.6. The van der Waals surface area contributed by atoms with Crippen LogP contribution >= 0.6 is 11.6 Å². The van der Waals surface area contributed by atoms with Gasteiger partial charge in [0.15, 0.2) is 5.54 Å². The minimum Gasteiger partial charge on any atom is -0.497 e. The van der Waals surface area contributed by atoms with E-state index in [0.717, 1.165) is 9.87 Å². The summed E-state index contributed by atoms with van der Waals surface area (Å²) in [6.07, 6.45) is 1.08. The smallest absolute Gasteiger partial charge is 0.274 e. The number of ether oxygens (including phenoxy) is 3. The molecule has 1 unspecified atom stereocenters. The molecule has 2 heterocycles. The maximum absolute atomic E-state index is 15.4. The highest BCUT2D eigenvalue weighted by Gasteiger charge is 2.63. The number of amides is 2. The van der Waals surface area contributed by atoms with E-state index in [-0.39, 0.29) is 22.2 Å². The monoisotopic (exact) mass is 670 g/mol. The van der Waals surface area contributed by atoms with Crippen LogP contribution in [0.15, 0.2) is 59.5 Å². The minimum atomic E-state index is -4.60. The number of rotatable bonds is 10. The van der Waals surface area contributed by atoms with Crippen LogP contribution in [-0.2, 0) is 31.7 Å². The SMILES string of the molecule is COc1ccc(S(=O)(=O)N2C(=O)C(c3ccc(CN(C)C)cc3OC)(N3CCC[C@H]3C(=O)N(C)C)c3cc(Cl)ccc32)c(OC)c1. The van der Waals surface area contributed by atoms with Crippen molar-refractivity contribution in [1.82, 2.24) is 14.7 Å². The minimum absolute atomic E-state index is 0.00705. The molecule has 46 heavy (non-hydrogen) atoms. The summed E-state index contributed by atoms with van der Waals surface area (Å²) in [6.45, 7) is 0.938. The highest BCUT2D eigenvalue weighted by atomic mass is 35.5. The number of methoxy groups -OCH3 is 3.